The molecular formula is C14H28N2O2S. The van der Waals surface area contributed by atoms with Crippen LogP contribution >= 0.6 is 0 Å². The lowest BCUT2D eigenvalue weighted by Crippen LogP contribution is -2.65. The van der Waals surface area contributed by atoms with E-state index in [0.29, 0.717) is 17.5 Å². The van der Waals surface area contributed by atoms with Crippen LogP contribution in [0.1, 0.15) is 46.5 Å². The molecule has 112 valence electrons. The first kappa shape index (κ1) is 15.3. The summed E-state index contributed by atoms with van der Waals surface area (Å²) in [4.78, 5) is 2.49. The molecule has 2 saturated heterocycles. The van der Waals surface area contributed by atoms with Gasteiger partial charge in [-0.2, -0.15) is 0 Å². The van der Waals surface area contributed by atoms with Crippen LogP contribution in [-0.4, -0.2) is 55.5 Å². The average molecular weight is 288 g/mol. The second-order valence-electron chi connectivity index (χ2n) is 6.16. The molecule has 0 aromatic heterocycles. The maximum atomic E-state index is 11.7. The summed E-state index contributed by atoms with van der Waals surface area (Å²) in [5.74, 6) is 0.746. The van der Waals surface area contributed by atoms with Gasteiger partial charge >= 0.3 is 0 Å². The molecule has 2 rings (SSSR count). The molecule has 2 aliphatic heterocycles. The van der Waals surface area contributed by atoms with Crippen LogP contribution in [-0.2, 0) is 9.84 Å². The van der Waals surface area contributed by atoms with E-state index in [-0.39, 0.29) is 11.6 Å². The summed E-state index contributed by atoms with van der Waals surface area (Å²) >= 11 is 0. The van der Waals surface area contributed by atoms with E-state index in [4.69, 9.17) is 0 Å². The van der Waals surface area contributed by atoms with E-state index in [2.05, 4.69) is 31.0 Å². The van der Waals surface area contributed by atoms with Gasteiger partial charge in [-0.1, -0.05) is 20.8 Å². The Bertz CT molecular complexity index is 404. The van der Waals surface area contributed by atoms with Crippen LogP contribution in [0.4, 0.5) is 0 Å². The highest BCUT2D eigenvalue weighted by Gasteiger charge is 2.42. The number of hydrogen-bond acceptors (Lipinski definition) is 4. The van der Waals surface area contributed by atoms with E-state index in [1.165, 1.54) is 0 Å². The quantitative estimate of drug-likeness (QED) is 0.850. The third-order valence-electron chi connectivity index (χ3n) is 5.17. The maximum absolute atomic E-state index is 11.7. The van der Waals surface area contributed by atoms with Crippen molar-refractivity contribution in [1.29, 1.82) is 0 Å². The second kappa shape index (κ2) is 5.70. The number of nitrogens with one attached hydrogen (secondary N) is 1. The van der Waals surface area contributed by atoms with Crippen LogP contribution < -0.4 is 5.32 Å². The van der Waals surface area contributed by atoms with Crippen molar-refractivity contribution in [1.82, 2.24) is 10.2 Å². The van der Waals surface area contributed by atoms with Crippen molar-refractivity contribution in [3.8, 4) is 0 Å². The Labute approximate surface area is 117 Å². The first-order chi connectivity index (χ1) is 8.95. The minimum Gasteiger partial charge on any atom is -0.308 e. The minimum atomic E-state index is -2.79. The van der Waals surface area contributed by atoms with Gasteiger partial charge in [-0.3, -0.25) is 4.90 Å². The smallest absolute Gasteiger partial charge is 0.151 e. The standard InChI is InChI=1S/C14H28N2O2S/c1-4-12-9-15-14(5-2,6-3)11-16(12)13-7-8-19(17,18)10-13/h12-13,15H,4-11H2,1-3H3. The van der Waals surface area contributed by atoms with Gasteiger partial charge in [-0.15, -0.1) is 0 Å². The Kier molecular flexibility index (Phi) is 4.58. The largest absolute Gasteiger partial charge is 0.308 e. The van der Waals surface area contributed by atoms with Crippen molar-refractivity contribution < 1.29 is 8.42 Å². The van der Waals surface area contributed by atoms with Crippen molar-refractivity contribution >= 4 is 9.84 Å². The summed E-state index contributed by atoms with van der Waals surface area (Å²) < 4.78 is 23.5. The third-order valence-corrected chi connectivity index (χ3v) is 6.92. The van der Waals surface area contributed by atoms with Crippen molar-refractivity contribution in [2.45, 2.75) is 64.1 Å². The predicted octanol–water partition coefficient (Wildman–Crippen LogP) is 1.42. The van der Waals surface area contributed by atoms with Crippen LogP contribution in [0.15, 0.2) is 0 Å². The molecule has 0 bridgehead atoms. The van der Waals surface area contributed by atoms with Gasteiger partial charge in [0.05, 0.1) is 11.5 Å². The first-order valence-corrected chi connectivity index (χ1v) is 9.48. The van der Waals surface area contributed by atoms with E-state index in [1.807, 2.05) is 0 Å². The van der Waals surface area contributed by atoms with Crippen molar-refractivity contribution in [3.05, 3.63) is 0 Å². The summed E-state index contributed by atoms with van der Waals surface area (Å²) in [5.41, 5.74) is 0.179. The van der Waals surface area contributed by atoms with E-state index in [9.17, 15) is 8.42 Å². The van der Waals surface area contributed by atoms with Crippen LogP contribution in [0, 0.1) is 0 Å². The molecule has 0 saturated carbocycles. The van der Waals surface area contributed by atoms with E-state index in [1.54, 1.807) is 0 Å². The molecule has 2 fully saturated rings. The van der Waals surface area contributed by atoms with Crippen LogP contribution in [0.25, 0.3) is 0 Å². The molecule has 2 atom stereocenters. The highest BCUT2D eigenvalue weighted by Crippen LogP contribution is 2.29. The van der Waals surface area contributed by atoms with Gasteiger partial charge in [0.15, 0.2) is 9.84 Å². The molecule has 2 aliphatic rings. The lowest BCUT2D eigenvalue weighted by molar-refractivity contribution is 0.0428. The molecule has 0 aromatic rings. The van der Waals surface area contributed by atoms with Crippen LogP contribution in [0.2, 0.25) is 0 Å². The third kappa shape index (κ3) is 3.14. The molecule has 5 heteroatoms. The molecule has 0 radical (unpaired) electrons. The van der Waals surface area contributed by atoms with E-state index < -0.39 is 9.84 Å². The Morgan fingerprint density at radius 2 is 1.95 bits per heavy atom. The monoisotopic (exact) mass is 288 g/mol. The maximum Gasteiger partial charge on any atom is 0.151 e. The first-order valence-electron chi connectivity index (χ1n) is 7.66. The molecule has 0 aliphatic carbocycles. The average Bonchev–Trinajstić information content (AvgIpc) is 2.78. The fourth-order valence-corrected chi connectivity index (χ4v) is 5.29. The summed E-state index contributed by atoms with van der Waals surface area (Å²) in [5, 5.41) is 3.72. The number of piperazine rings is 1. The van der Waals surface area contributed by atoms with E-state index >= 15 is 0 Å². The predicted molar refractivity (Wildman–Crippen MR) is 79.2 cm³/mol. The molecule has 0 spiro atoms. The topological polar surface area (TPSA) is 49.4 Å². The molecule has 4 nitrogen and oxygen atoms in total. The highest BCUT2D eigenvalue weighted by atomic mass is 32.2. The van der Waals surface area contributed by atoms with Gasteiger partial charge in [0, 0.05) is 30.7 Å². The number of nitrogens with zero attached hydrogens (tertiary/aromatic N) is 1. The SMILES string of the molecule is CCC1CNC(CC)(CC)CN1C1CCS(=O)(=O)C1. The molecule has 2 heterocycles. The summed E-state index contributed by atoms with van der Waals surface area (Å²) in [6, 6.07) is 0.735. The number of hydrogen-bond donors (Lipinski definition) is 1. The molecule has 0 aromatic carbocycles. The van der Waals surface area contributed by atoms with Gasteiger partial charge < -0.3 is 5.32 Å². The van der Waals surface area contributed by atoms with Gasteiger partial charge in [0.1, 0.15) is 0 Å². The summed E-state index contributed by atoms with van der Waals surface area (Å²) in [6.45, 7) is 8.65. The number of rotatable bonds is 4. The zero-order valence-corrected chi connectivity index (χ0v) is 13.3. The molecule has 1 N–H and O–H groups in total. The lowest BCUT2D eigenvalue weighted by Gasteiger charge is -2.49. The fourth-order valence-electron chi connectivity index (χ4n) is 3.55. The summed E-state index contributed by atoms with van der Waals surface area (Å²) in [6.07, 6.45) is 4.13. The molecule has 0 amide bonds. The van der Waals surface area contributed by atoms with E-state index in [0.717, 1.165) is 38.8 Å². The van der Waals surface area contributed by atoms with Crippen LogP contribution in [0.3, 0.4) is 0 Å². The van der Waals surface area contributed by atoms with Gasteiger partial charge in [0.25, 0.3) is 0 Å². The van der Waals surface area contributed by atoms with Gasteiger partial charge in [0.2, 0.25) is 0 Å². The molecule has 19 heavy (non-hydrogen) atoms. The highest BCUT2D eigenvalue weighted by molar-refractivity contribution is 7.91. The fraction of sp³-hybridized carbons (Fsp3) is 1.00. The van der Waals surface area contributed by atoms with Crippen molar-refractivity contribution in [3.63, 3.8) is 0 Å². The Balaban J connectivity index is 2.15. The molecule has 2 unspecified atom stereocenters. The zero-order valence-electron chi connectivity index (χ0n) is 12.5. The Morgan fingerprint density at radius 3 is 2.42 bits per heavy atom. The molecular weight excluding hydrogens is 260 g/mol. The Hall–Kier alpha value is -0.130. The van der Waals surface area contributed by atoms with Gasteiger partial charge in [-0.25, -0.2) is 8.42 Å². The normalized spacial score (nSPS) is 34.5. The zero-order chi connectivity index (χ0) is 14.1. The number of sulfone groups is 1. The van der Waals surface area contributed by atoms with Gasteiger partial charge in [-0.05, 0) is 25.7 Å². The Morgan fingerprint density at radius 1 is 1.26 bits per heavy atom. The summed E-state index contributed by atoms with van der Waals surface area (Å²) in [7, 11) is -2.79. The minimum absolute atomic E-state index is 0.179. The second-order valence-corrected chi connectivity index (χ2v) is 8.39. The van der Waals surface area contributed by atoms with Crippen molar-refractivity contribution in [2.24, 2.45) is 0 Å². The van der Waals surface area contributed by atoms with Crippen molar-refractivity contribution in [2.75, 3.05) is 24.6 Å². The lowest BCUT2D eigenvalue weighted by atomic mass is 9.87. The van der Waals surface area contributed by atoms with Crippen LogP contribution in [0.5, 0.6) is 0 Å².